The highest BCUT2D eigenvalue weighted by Crippen LogP contribution is 2.21. The molecule has 32 heavy (non-hydrogen) atoms. The van der Waals surface area contributed by atoms with E-state index in [0.29, 0.717) is 29.0 Å². The second kappa shape index (κ2) is 9.17. The summed E-state index contributed by atoms with van der Waals surface area (Å²) >= 11 is 0. The number of aromatic nitrogens is 4. The van der Waals surface area contributed by atoms with Gasteiger partial charge in [0.2, 0.25) is 0 Å². The first-order chi connectivity index (χ1) is 15.4. The number of nitrogens with one attached hydrogen (secondary N) is 3. The minimum Gasteiger partial charge on any atom is -0.340 e. The van der Waals surface area contributed by atoms with Crippen LogP contribution in [0.15, 0.2) is 67.1 Å². The van der Waals surface area contributed by atoms with Gasteiger partial charge in [-0.3, -0.25) is 9.78 Å². The number of carbonyl (C=O) groups is 1. The first-order valence-electron chi connectivity index (χ1n) is 9.79. The Labute approximate surface area is 184 Å². The van der Waals surface area contributed by atoms with Gasteiger partial charge in [-0.2, -0.15) is 0 Å². The number of benzene rings is 1. The molecule has 4 aromatic rings. The largest absolute Gasteiger partial charge is 0.340 e. The van der Waals surface area contributed by atoms with Crippen molar-refractivity contribution in [2.75, 3.05) is 16.0 Å². The molecular formula is C23H20FN7O. The number of halogens is 1. The van der Waals surface area contributed by atoms with Crippen LogP contribution >= 0.6 is 0 Å². The maximum atomic E-state index is 13.3. The first-order valence-corrected chi connectivity index (χ1v) is 9.79. The summed E-state index contributed by atoms with van der Waals surface area (Å²) in [4.78, 5) is 29.0. The normalized spacial score (nSPS) is 10.5. The van der Waals surface area contributed by atoms with Crippen molar-refractivity contribution in [3.63, 3.8) is 0 Å². The smallest absolute Gasteiger partial charge is 0.257 e. The van der Waals surface area contributed by atoms with Crippen LogP contribution in [-0.2, 0) is 0 Å². The topological polar surface area (TPSA) is 105 Å². The van der Waals surface area contributed by atoms with E-state index in [0.717, 1.165) is 23.5 Å². The summed E-state index contributed by atoms with van der Waals surface area (Å²) in [5.74, 6) is 1.51. The molecule has 0 aliphatic rings. The van der Waals surface area contributed by atoms with Gasteiger partial charge in [0.05, 0.1) is 11.8 Å². The zero-order valence-corrected chi connectivity index (χ0v) is 17.4. The average molecular weight is 429 g/mol. The highest BCUT2D eigenvalue weighted by molar-refractivity contribution is 6.04. The summed E-state index contributed by atoms with van der Waals surface area (Å²) in [6.07, 6.45) is 4.09. The highest BCUT2D eigenvalue weighted by Gasteiger charge is 2.08. The van der Waals surface area contributed by atoms with Crippen molar-refractivity contribution in [1.29, 1.82) is 0 Å². The zero-order chi connectivity index (χ0) is 22.5. The second-order valence-electron chi connectivity index (χ2n) is 7.08. The predicted molar refractivity (Wildman–Crippen MR) is 121 cm³/mol. The van der Waals surface area contributed by atoms with E-state index in [1.807, 2.05) is 19.1 Å². The molecule has 9 heteroatoms. The van der Waals surface area contributed by atoms with Gasteiger partial charge in [-0.15, -0.1) is 0 Å². The third-order valence-corrected chi connectivity index (χ3v) is 4.39. The number of nitrogens with zero attached hydrogens (tertiary/aromatic N) is 4. The Kier molecular flexibility index (Phi) is 5.98. The Bertz CT molecular complexity index is 1260. The van der Waals surface area contributed by atoms with E-state index in [1.54, 1.807) is 43.5 Å². The highest BCUT2D eigenvalue weighted by atomic mass is 19.1. The van der Waals surface area contributed by atoms with Crippen molar-refractivity contribution in [2.24, 2.45) is 0 Å². The molecule has 160 valence electrons. The fourth-order valence-electron chi connectivity index (χ4n) is 2.96. The summed E-state index contributed by atoms with van der Waals surface area (Å²) in [7, 11) is 0. The van der Waals surface area contributed by atoms with Crippen molar-refractivity contribution in [3.8, 4) is 0 Å². The van der Waals surface area contributed by atoms with Gasteiger partial charge in [0.1, 0.15) is 29.1 Å². The van der Waals surface area contributed by atoms with Crippen LogP contribution in [0.5, 0.6) is 0 Å². The lowest BCUT2D eigenvalue weighted by molar-refractivity contribution is 0.102. The minimum absolute atomic E-state index is 0.145. The Morgan fingerprint density at radius 3 is 2.28 bits per heavy atom. The third-order valence-electron chi connectivity index (χ3n) is 4.39. The molecular weight excluding hydrogens is 409 g/mol. The molecule has 0 atom stereocenters. The molecule has 8 nitrogen and oxygen atoms in total. The number of aryl methyl sites for hydroxylation is 2. The van der Waals surface area contributed by atoms with Crippen LogP contribution in [0.4, 0.5) is 33.2 Å². The zero-order valence-electron chi connectivity index (χ0n) is 17.4. The quantitative estimate of drug-likeness (QED) is 0.406. The van der Waals surface area contributed by atoms with Gasteiger partial charge in [0, 0.05) is 29.8 Å². The lowest BCUT2D eigenvalue weighted by atomic mass is 10.2. The number of anilines is 5. The predicted octanol–water partition coefficient (Wildman–Crippen LogP) is 4.76. The molecule has 0 aliphatic carbocycles. The maximum Gasteiger partial charge on any atom is 0.257 e. The lowest BCUT2D eigenvalue weighted by Crippen LogP contribution is -2.12. The van der Waals surface area contributed by atoms with E-state index in [2.05, 4.69) is 35.9 Å². The van der Waals surface area contributed by atoms with Crippen LogP contribution in [-0.4, -0.2) is 25.8 Å². The summed E-state index contributed by atoms with van der Waals surface area (Å²) in [6, 6.07) is 13.8. The minimum atomic E-state index is -0.565. The van der Waals surface area contributed by atoms with Crippen molar-refractivity contribution in [3.05, 3.63) is 89.9 Å². The number of hydrogen-bond acceptors (Lipinski definition) is 7. The molecule has 3 aromatic heterocycles. The van der Waals surface area contributed by atoms with E-state index in [-0.39, 0.29) is 5.56 Å². The lowest BCUT2D eigenvalue weighted by Gasteiger charge is -2.11. The summed E-state index contributed by atoms with van der Waals surface area (Å²) < 4.78 is 13.3. The number of pyridine rings is 2. The average Bonchev–Trinajstić information content (AvgIpc) is 2.75. The van der Waals surface area contributed by atoms with Gasteiger partial charge in [-0.05, 0) is 61.9 Å². The molecule has 0 spiro atoms. The van der Waals surface area contributed by atoms with Crippen LogP contribution in [0, 0.1) is 19.7 Å². The van der Waals surface area contributed by atoms with Crippen molar-refractivity contribution in [2.45, 2.75) is 13.8 Å². The number of rotatable bonds is 6. The van der Waals surface area contributed by atoms with E-state index >= 15 is 0 Å². The molecule has 0 fully saturated rings. The summed E-state index contributed by atoms with van der Waals surface area (Å²) in [6.45, 7) is 3.80. The van der Waals surface area contributed by atoms with Gasteiger partial charge in [0.25, 0.3) is 5.91 Å². The van der Waals surface area contributed by atoms with E-state index in [1.165, 1.54) is 6.20 Å². The Morgan fingerprint density at radius 2 is 1.56 bits per heavy atom. The maximum absolute atomic E-state index is 13.3. The van der Waals surface area contributed by atoms with Crippen LogP contribution in [0.3, 0.4) is 0 Å². The van der Waals surface area contributed by atoms with Gasteiger partial charge in [0.15, 0.2) is 0 Å². The molecule has 1 amide bonds. The van der Waals surface area contributed by atoms with Crippen LogP contribution < -0.4 is 16.0 Å². The SMILES string of the molecule is Cc1ccnc(Nc2cc(Nc3ccc(NC(=O)c4cncc(F)c4)cc3)nc(C)n2)c1. The summed E-state index contributed by atoms with van der Waals surface area (Å²) in [5, 5.41) is 9.11. The van der Waals surface area contributed by atoms with E-state index in [9.17, 15) is 9.18 Å². The molecule has 0 aliphatic heterocycles. The number of carbonyl (C=O) groups excluding carboxylic acids is 1. The van der Waals surface area contributed by atoms with Gasteiger partial charge in [-0.1, -0.05) is 0 Å². The van der Waals surface area contributed by atoms with Crippen LogP contribution in [0.1, 0.15) is 21.7 Å². The molecule has 3 N–H and O–H groups in total. The monoisotopic (exact) mass is 429 g/mol. The van der Waals surface area contributed by atoms with Gasteiger partial charge in [-0.25, -0.2) is 19.3 Å². The van der Waals surface area contributed by atoms with Crippen molar-refractivity contribution >= 4 is 34.7 Å². The molecule has 0 saturated carbocycles. The number of hydrogen-bond donors (Lipinski definition) is 3. The van der Waals surface area contributed by atoms with E-state index in [4.69, 9.17) is 0 Å². The Hall–Kier alpha value is -4.40. The molecule has 0 unspecified atom stereocenters. The fraction of sp³-hybridized carbons (Fsp3) is 0.0870. The Morgan fingerprint density at radius 1 is 0.844 bits per heavy atom. The van der Waals surface area contributed by atoms with Crippen molar-refractivity contribution in [1.82, 2.24) is 19.9 Å². The molecule has 3 heterocycles. The van der Waals surface area contributed by atoms with Gasteiger partial charge >= 0.3 is 0 Å². The second-order valence-corrected chi connectivity index (χ2v) is 7.08. The molecule has 0 bridgehead atoms. The molecule has 1 aromatic carbocycles. The standard InChI is InChI=1S/C23H20FN7O/c1-14-7-8-26-20(9-14)31-22-11-21(27-15(2)28-22)29-18-3-5-19(6-4-18)30-23(32)16-10-17(24)13-25-12-16/h3-13H,1-2H3,(H,30,32)(H2,26,27,28,29,31). The molecule has 0 saturated heterocycles. The number of amides is 1. The first kappa shape index (κ1) is 20.9. The Balaban J connectivity index is 1.44. The van der Waals surface area contributed by atoms with Crippen LogP contribution in [0.2, 0.25) is 0 Å². The molecule has 0 radical (unpaired) electrons. The van der Waals surface area contributed by atoms with Crippen molar-refractivity contribution < 1.29 is 9.18 Å². The summed E-state index contributed by atoms with van der Waals surface area (Å²) in [5.41, 5.74) is 2.57. The molecule has 4 rings (SSSR count). The third kappa shape index (κ3) is 5.39. The van der Waals surface area contributed by atoms with Gasteiger partial charge < -0.3 is 16.0 Å². The fourth-order valence-corrected chi connectivity index (χ4v) is 2.96. The van der Waals surface area contributed by atoms with Crippen LogP contribution in [0.25, 0.3) is 0 Å². The van der Waals surface area contributed by atoms with E-state index < -0.39 is 11.7 Å².